The van der Waals surface area contributed by atoms with E-state index < -0.39 is 0 Å². The number of nitrogens with two attached hydrogens (primary N) is 1. The number of piperidine rings is 1. The van der Waals surface area contributed by atoms with Crippen LogP contribution in [0, 0.1) is 0 Å². The van der Waals surface area contributed by atoms with Crippen LogP contribution in [-0.4, -0.2) is 18.6 Å². The van der Waals surface area contributed by atoms with Gasteiger partial charge in [-0.25, -0.2) is 0 Å². The molecule has 0 amide bonds. The molecule has 12 heavy (non-hydrogen) atoms. The summed E-state index contributed by atoms with van der Waals surface area (Å²) in [4.78, 5) is 0. The molecule has 3 N–H and O–H groups in total. The molecule has 0 spiro atoms. The normalized spacial score (nSPS) is 27.5. The summed E-state index contributed by atoms with van der Waals surface area (Å²) < 4.78 is 0. The highest BCUT2D eigenvalue weighted by atomic mass is 14.9. The Morgan fingerprint density at radius 1 is 1.17 bits per heavy atom. The fourth-order valence-corrected chi connectivity index (χ4v) is 1.17. The molecule has 0 radical (unpaired) electrons. The van der Waals surface area contributed by atoms with E-state index in [2.05, 4.69) is 12.2 Å². The third-order valence-electron chi connectivity index (χ3n) is 1.66. The van der Waals surface area contributed by atoms with Crippen molar-refractivity contribution in [2.24, 2.45) is 5.73 Å². The molecule has 0 aromatic rings. The van der Waals surface area contributed by atoms with E-state index in [0.29, 0.717) is 12.1 Å². The third kappa shape index (κ3) is 8.02. The van der Waals surface area contributed by atoms with Gasteiger partial charge in [0, 0.05) is 12.1 Å². The van der Waals surface area contributed by atoms with Crippen LogP contribution >= 0.6 is 0 Å². The fourth-order valence-electron chi connectivity index (χ4n) is 1.17. The van der Waals surface area contributed by atoms with Gasteiger partial charge in [0.05, 0.1) is 0 Å². The van der Waals surface area contributed by atoms with Gasteiger partial charge >= 0.3 is 0 Å². The van der Waals surface area contributed by atoms with E-state index in [4.69, 9.17) is 5.73 Å². The van der Waals surface area contributed by atoms with Crippen LogP contribution in [0.3, 0.4) is 0 Å². The van der Waals surface area contributed by atoms with Gasteiger partial charge in [-0.05, 0) is 26.3 Å². The van der Waals surface area contributed by atoms with Crippen molar-refractivity contribution in [3.05, 3.63) is 0 Å². The van der Waals surface area contributed by atoms with Crippen molar-refractivity contribution in [2.75, 3.05) is 6.54 Å². The van der Waals surface area contributed by atoms with Crippen molar-refractivity contribution in [3.63, 3.8) is 0 Å². The second-order valence-corrected chi connectivity index (χ2v) is 2.64. The molecule has 0 bridgehead atoms. The molecule has 1 aliphatic rings. The summed E-state index contributed by atoms with van der Waals surface area (Å²) in [5, 5.41) is 3.33. The molecule has 0 aromatic carbocycles. The molecule has 1 rings (SSSR count). The van der Waals surface area contributed by atoms with Gasteiger partial charge in [-0.2, -0.15) is 0 Å². The highest BCUT2D eigenvalue weighted by Gasteiger charge is 2.12. The highest BCUT2D eigenvalue weighted by molar-refractivity contribution is 4.76. The summed E-state index contributed by atoms with van der Waals surface area (Å²) in [5.41, 5.74) is 5.69. The molecule has 1 aliphatic heterocycles. The Balaban J connectivity index is 0. The van der Waals surface area contributed by atoms with Gasteiger partial charge in [0.25, 0.3) is 0 Å². The molecule has 0 saturated carbocycles. The van der Waals surface area contributed by atoms with Crippen LogP contribution < -0.4 is 11.1 Å². The second-order valence-electron chi connectivity index (χ2n) is 2.64. The molecular weight excluding hydrogens is 148 g/mol. The van der Waals surface area contributed by atoms with E-state index in [0.717, 1.165) is 19.4 Å². The number of nitrogens with one attached hydrogen (secondary N) is 1. The molecule has 1 fully saturated rings. The maximum atomic E-state index is 5.69. The van der Waals surface area contributed by atoms with E-state index in [1.807, 2.05) is 27.7 Å². The van der Waals surface area contributed by atoms with Gasteiger partial charge < -0.3 is 11.1 Å². The van der Waals surface area contributed by atoms with E-state index in [9.17, 15) is 0 Å². The predicted molar refractivity (Wildman–Crippen MR) is 57.4 cm³/mol. The van der Waals surface area contributed by atoms with Gasteiger partial charge in [0.15, 0.2) is 0 Å². The van der Waals surface area contributed by atoms with Crippen molar-refractivity contribution in [1.29, 1.82) is 0 Å². The molecule has 2 atom stereocenters. The van der Waals surface area contributed by atoms with Gasteiger partial charge in [-0.1, -0.05) is 27.7 Å². The standard InChI is InChI=1S/C6H14N2.2C2H6/c1-5-4-6(7)2-3-8-5;2*1-2/h5-6,8H,2-4,7H2,1H3;2*1-2H3. The van der Waals surface area contributed by atoms with Crippen LogP contribution in [0.4, 0.5) is 0 Å². The third-order valence-corrected chi connectivity index (χ3v) is 1.66. The zero-order valence-corrected chi connectivity index (χ0v) is 9.35. The van der Waals surface area contributed by atoms with Crippen molar-refractivity contribution >= 4 is 0 Å². The molecule has 76 valence electrons. The number of rotatable bonds is 0. The molecule has 0 aromatic heterocycles. The quantitative estimate of drug-likeness (QED) is 0.590. The first-order valence-corrected chi connectivity index (χ1v) is 5.28. The smallest absolute Gasteiger partial charge is 0.00656 e. The first-order chi connectivity index (χ1) is 5.79. The lowest BCUT2D eigenvalue weighted by Crippen LogP contribution is -2.41. The van der Waals surface area contributed by atoms with Crippen LogP contribution in [0.5, 0.6) is 0 Å². The van der Waals surface area contributed by atoms with Gasteiger partial charge in [0.2, 0.25) is 0 Å². The molecule has 2 unspecified atom stereocenters. The largest absolute Gasteiger partial charge is 0.328 e. The molecule has 1 saturated heterocycles. The van der Waals surface area contributed by atoms with E-state index in [-0.39, 0.29) is 0 Å². The highest BCUT2D eigenvalue weighted by Crippen LogP contribution is 2.04. The van der Waals surface area contributed by atoms with E-state index >= 15 is 0 Å². The second kappa shape index (κ2) is 10.9. The summed E-state index contributed by atoms with van der Waals surface area (Å²) in [5.74, 6) is 0. The minimum absolute atomic E-state index is 0.450. The van der Waals surface area contributed by atoms with Crippen molar-refractivity contribution in [3.8, 4) is 0 Å². The Morgan fingerprint density at radius 2 is 1.67 bits per heavy atom. The van der Waals surface area contributed by atoms with Crippen molar-refractivity contribution < 1.29 is 0 Å². The average Bonchev–Trinajstić information content (AvgIpc) is 2.11. The van der Waals surface area contributed by atoms with Crippen LogP contribution in [0.1, 0.15) is 47.5 Å². The number of hydrogen-bond donors (Lipinski definition) is 2. The zero-order chi connectivity index (χ0) is 9.98. The lowest BCUT2D eigenvalue weighted by Gasteiger charge is -2.24. The fraction of sp³-hybridized carbons (Fsp3) is 1.00. The van der Waals surface area contributed by atoms with Gasteiger partial charge in [-0.15, -0.1) is 0 Å². The van der Waals surface area contributed by atoms with Crippen LogP contribution in [-0.2, 0) is 0 Å². The van der Waals surface area contributed by atoms with Gasteiger partial charge in [-0.3, -0.25) is 0 Å². The monoisotopic (exact) mass is 174 g/mol. The Labute approximate surface area is 77.9 Å². The molecule has 1 heterocycles. The predicted octanol–water partition coefficient (Wildman–Crippen LogP) is 2.14. The summed E-state index contributed by atoms with van der Waals surface area (Å²) in [6.45, 7) is 11.3. The van der Waals surface area contributed by atoms with Crippen LogP contribution in [0.2, 0.25) is 0 Å². The summed E-state index contributed by atoms with van der Waals surface area (Å²) in [7, 11) is 0. The minimum atomic E-state index is 0.450. The summed E-state index contributed by atoms with van der Waals surface area (Å²) in [6, 6.07) is 1.09. The number of hydrogen-bond acceptors (Lipinski definition) is 2. The molecule has 2 nitrogen and oxygen atoms in total. The van der Waals surface area contributed by atoms with E-state index in [1.54, 1.807) is 0 Å². The lowest BCUT2D eigenvalue weighted by atomic mass is 10.0. The molecular formula is C10H26N2. The maximum absolute atomic E-state index is 5.69. The maximum Gasteiger partial charge on any atom is 0.00656 e. The van der Waals surface area contributed by atoms with Crippen LogP contribution in [0.25, 0.3) is 0 Å². The first kappa shape index (κ1) is 14.4. The summed E-state index contributed by atoms with van der Waals surface area (Å²) >= 11 is 0. The Bertz CT molecular complexity index is 66.2. The SMILES string of the molecule is CC.CC.CC1CC(N)CCN1. The molecule has 2 heteroatoms. The van der Waals surface area contributed by atoms with Crippen molar-refractivity contribution in [2.45, 2.75) is 59.5 Å². The zero-order valence-electron chi connectivity index (χ0n) is 9.35. The topological polar surface area (TPSA) is 38.0 Å². The Hall–Kier alpha value is -0.0800. The van der Waals surface area contributed by atoms with E-state index in [1.165, 1.54) is 0 Å². The van der Waals surface area contributed by atoms with Crippen molar-refractivity contribution in [1.82, 2.24) is 5.32 Å². The van der Waals surface area contributed by atoms with Gasteiger partial charge in [0.1, 0.15) is 0 Å². The average molecular weight is 174 g/mol. The molecule has 0 aliphatic carbocycles. The lowest BCUT2D eigenvalue weighted by molar-refractivity contribution is 0.381. The first-order valence-electron chi connectivity index (χ1n) is 5.28. The minimum Gasteiger partial charge on any atom is -0.328 e. The Morgan fingerprint density at radius 3 is 1.92 bits per heavy atom. The Kier molecular flexibility index (Phi) is 13.1. The van der Waals surface area contributed by atoms with Crippen LogP contribution in [0.15, 0.2) is 0 Å². The summed E-state index contributed by atoms with van der Waals surface area (Å²) in [6.07, 6.45) is 2.28.